The van der Waals surface area contributed by atoms with E-state index in [0.29, 0.717) is 35.3 Å². The summed E-state index contributed by atoms with van der Waals surface area (Å²) < 4.78 is 18.6. The van der Waals surface area contributed by atoms with Crippen LogP contribution in [0.4, 0.5) is 0 Å². The molecular weight excluding hydrogens is 596 g/mol. The Kier molecular flexibility index (Phi) is 11.2. The van der Waals surface area contributed by atoms with Gasteiger partial charge < -0.3 is 34.4 Å². The lowest BCUT2D eigenvalue weighted by atomic mass is 9.93. The van der Waals surface area contributed by atoms with E-state index >= 15 is 0 Å². The van der Waals surface area contributed by atoms with Crippen molar-refractivity contribution < 1.29 is 34.3 Å². The van der Waals surface area contributed by atoms with Crippen LogP contribution >= 0.6 is 11.6 Å². The summed E-state index contributed by atoms with van der Waals surface area (Å²) in [5, 5.41) is 31.6. The Morgan fingerprint density at radius 1 is 1.09 bits per heavy atom. The van der Waals surface area contributed by atoms with Crippen molar-refractivity contribution in [2.45, 2.75) is 64.3 Å². The fraction of sp³-hybridized carbons (Fsp3) is 0.457. The number of aliphatic hydroxyl groups is 2. The lowest BCUT2D eigenvalue weighted by Crippen LogP contribution is -2.39. The number of rotatable bonds is 15. The van der Waals surface area contributed by atoms with Crippen LogP contribution < -0.4 is 19.5 Å². The average Bonchev–Trinajstić information content (AvgIpc) is 3.64. The average molecular weight is 639 g/mol. The molecule has 242 valence electrons. The number of β-amino-alcohol motifs (C(OH)–C–C–N with tert-alkyl or cyclic N) is 1. The van der Waals surface area contributed by atoms with Gasteiger partial charge in [-0.3, -0.25) is 10.1 Å². The van der Waals surface area contributed by atoms with Crippen LogP contribution in [-0.4, -0.2) is 77.8 Å². The molecule has 3 atom stereocenters. The van der Waals surface area contributed by atoms with Crippen LogP contribution in [0.5, 0.6) is 17.2 Å². The van der Waals surface area contributed by atoms with Gasteiger partial charge in [-0.2, -0.15) is 0 Å². The van der Waals surface area contributed by atoms with Crippen LogP contribution in [0, 0.1) is 6.92 Å². The number of aliphatic hydroxyl groups excluding tert-OH is 2. The number of nitrogens with one attached hydrogen (secondary N) is 1. The van der Waals surface area contributed by atoms with Crippen molar-refractivity contribution in [3.8, 4) is 28.4 Å². The summed E-state index contributed by atoms with van der Waals surface area (Å²) in [7, 11) is 0. The van der Waals surface area contributed by atoms with Gasteiger partial charge in [0.15, 0.2) is 0 Å². The Labute approximate surface area is 269 Å². The quantitative estimate of drug-likeness (QED) is 0.168. The summed E-state index contributed by atoms with van der Waals surface area (Å²) in [6, 6.07) is 14.9. The second-order valence-electron chi connectivity index (χ2n) is 11.7. The molecule has 10 heteroatoms. The predicted octanol–water partition coefficient (Wildman–Crippen LogP) is 5.15. The Morgan fingerprint density at radius 3 is 2.62 bits per heavy atom. The van der Waals surface area contributed by atoms with E-state index in [1.54, 1.807) is 12.1 Å². The highest BCUT2D eigenvalue weighted by atomic mass is 35.5. The van der Waals surface area contributed by atoms with Gasteiger partial charge in [0.1, 0.15) is 29.4 Å². The molecule has 9 nitrogen and oxygen atoms in total. The molecule has 1 saturated heterocycles. The minimum atomic E-state index is -1.13. The predicted molar refractivity (Wildman–Crippen MR) is 173 cm³/mol. The maximum atomic E-state index is 11.3. The zero-order valence-corrected chi connectivity index (χ0v) is 26.7. The summed E-state index contributed by atoms with van der Waals surface area (Å²) in [6.07, 6.45) is 3.03. The van der Waals surface area contributed by atoms with Gasteiger partial charge in [-0.1, -0.05) is 41.9 Å². The maximum absolute atomic E-state index is 11.3. The van der Waals surface area contributed by atoms with Crippen molar-refractivity contribution in [1.82, 2.24) is 10.2 Å². The van der Waals surface area contributed by atoms with Crippen molar-refractivity contribution in [2.75, 3.05) is 39.5 Å². The summed E-state index contributed by atoms with van der Waals surface area (Å²) in [4.78, 5) is 13.6. The minimum Gasteiger partial charge on any atom is -0.493 e. The molecule has 4 N–H and O–H groups in total. The number of fused-ring (bicyclic) bond motifs is 1. The standard InChI is InChI=1S/C35H43ClN2O7/c1-3-43-33-18-34(29(36)17-23(33)19-37-30(21-39)35(41)42)45-32-12-11-27-26(8-4-9-28(27)32)25-7-5-10-31(22(25)2)44-16-6-14-38-15-13-24(40)20-38/h4-5,7-10,17-18,24,30,32,37,39-40H,3,6,11-16,19-21H2,1-2H3,(H,41,42)/t24-,30+,32+/m1/s1. The largest absolute Gasteiger partial charge is 0.493 e. The maximum Gasteiger partial charge on any atom is 0.323 e. The fourth-order valence-electron chi connectivity index (χ4n) is 6.25. The first-order chi connectivity index (χ1) is 21.8. The van der Waals surface area contributed by atoms with Crippen LogP contribution in [0.25, 0.3) is 11.1 Å². The normalized spacial score (nSPS) is 18.5. The van der Waals surface area contributed by atoms with E-state index in [-0.39, 0.29) is 18.8 Å². The summed E-state index contributed by atoms with van der Waals surface area (Å²) in [5.41, 5.74) is 6.47. The second kappa shape index (κ2) is 15.3. The first kappa shape index (κ1) is 33.0. The molecule has 3 aromatic carbocycles. The van der Waals surface area contributed by atoms with E-state index in [4.69, 9.17) is 25.8 Å². The fourth-order valence-corrected chi connectivity index (χ4v) is 6.48. The highest BCUT2D eigenvalue weighted by Gasteiger charge is 2.28. The summed E-state index contributed by atoms with van der Waals surface area (Å²) >= 11 is 6.68. The molecule has 1 fully saturated rings. The van der Waals surface area contributed by atoms with Crippen molar-refractivity contribution >= 4 is 17.6 Å². The number of carbonyl (C=O) groups is 1. The number of aliphatic carboxylic acids is 1. The van der Waals surface area contributed by atoms with Crippen LogP contribution in [0.15, 0.2) is 48.5 Å². The number of halogens is 1. The molecule has 1 aliphatic carbocycles. The van der Waals surface area contributed by atoms with E-state index in [9.17, 15) is 20.1 Å². The third-order valence-electron chi connectivity index (χ3n) is 8.62. The molecule has 0 bridgehead atoms. The van der Waals surface area contributed by atoms with Gasteiger partial charge in [0.25, 0.3) is 0 Å². The van der Waals surface area contributed by atoms with E-state index in [1.165, 1.54) is 11.1 Å². The number of likely N-dealkylation sites (tertiary alicyclic amines) is 1. The number of carboxylic acid groups (broad SMARTS) is 1. The summed E-state index contributed by atoms with van der Waals surface area (Å²) in [5.74, 6) is 0.796. The monoisotopic (exact) mass is 638 g/mol. The van der Waals surface area contributed by atoms with Gasteiger partial charge in [0.05, 0.1) is 30.9 Å². The van der Waals surface area contributed by atoms with Gasteiger partial charge in [-0.15, -0.1) is 0 Å². The first-order valence-corrected chi connectivity index (χ1v) is 16.1. The first-order valence-electron chi connectivity index (χ1n) is 15.7. The lowest BCUT2D eigenvalue weighted by Gasteiger charge is -2.20. The Balaban J connectivity index is 1.30. The third kappa shape index (κ3) is 7.91. The van der Waals surface area contributed by atoms with Gasteiger partial charge in [-0.25, -0.2) is 0 Å². The van der Waals surface area contributed by atoms with E-state index in [0.717, 1.165) is 67.8 Å². The number of benzene rings is 3. The van der Waals surface area contributed by atoms with Crippen LogP contribution in [-0.2, 0) is 17.8 Å². The SMILES string of the molecule is CCOc1cc(O[C@H]2CCc3c(-c4cccc(OCCCN5CC[C@@H](O)C5)c4C)cccc32)c(Cl)cc1CN[C@@H](CO)C(=O)O. The Morgan fingerprint density at radius 2 is 1.89 bits per heavy atom. The van der Waals surface area contributed by atoms with Crippen LogP contribution in [0.3, 0.4) is 0 Å². The topological polar surface area (TPSA) is 121 Å². The minimum absolute atomic E-state index is 0.160. The number of hydrogen-bond acceptors (Lipinski definition) is 8. The molecule has 0 saturated carbocycles. The Bertz CT molecular complexity index is 1480. The van der Waals surface area contributed by atoms with E-state index < -0.39 is 18.6 Å². The second-order valence-corrected chi connectivity index (χ2v) is 12.1. The van der Waals surface area contributed by atoms with Crippen molar-refractivity contribution in [1.29, 1.82) is 0 Å². The molecule has 45 heavy (non-hydrogen) atoms. The lowest BCUT2D eigenvalue weighted by molar-refractivity contribution is -0.140. The number of ether oxygens (including phenoxy) is 3. The third-order valence-corrected chi connectivity index (χ3v) is 8.91. The zero-order chi connectivity index (χ0) is 31.9. The van der Waals surface area contributed by atoms with Crippen LogP contribution in [0.1, 0.15) is 54.5 Å². The van der Waals surface area contributed by atoms with E-state index in [1.807, 2.05) is 19.1 Å². The highest BCUT2D eigenvalue weighted by Crippen LogP contribution is 2.44. The molecule has 0 unspecified atom stereocenters. The summed E-state index contributed by atoms with van der Waals surface area (Å²) in [6.45, 7) is 7.27. The molecule has 5 rings (SSSR count). The molecule has 0 spiro atoms. The Hall–Kier alpha value is -3.34. The number of hydrogen-bond donors (Lipinski definition) is 4. The smallest absolute Gasteiger partial charge is 0.323 e. The van der Waals surface area contributed by atoms with Crippen molar-refractivity contribution in [2.24, 2.45) is 0 Å². The molecular formula is C35H43ClN2O7. The molecule has 1 aliphatic heterocycles. The van der Waals surface area contributed by atoms with Gasteiger partial charge in [-0.05, 0) is 79.5 Å². The van der Waals surface area contributed by atoms with Crippen molar-refractivity contribution in [3.05, 3.63) is 75.8 Å². The van der Waals surface area contributed by atoms with Crippen molar-refractivity contribution in [3.63, 3.8) is 0 Å². The van der Waals surface area contributed by atoms with E-state index in [2.05, 4.69) is 41.4 Å². The van der Waals surface area contributed by atoms with Gasteiger partial charge >= 0.3 is 5.97 Å². The molecule has 1 heterocycles. The zero-order valence-electron chi connectivity index (χ0n) is 25.9. The van der Waals surface area contributed by atoms with Gasteiger partial charge in [0.2, 0.25) is 0 Å². The number of carboxylic acids is 1. The molecule has 3 aromatic rings. The molecule has 0 aromatic heterocycles. The molecule has 0 radical (unpaired) electrons. The molecule has 0 amide bonds. The van der Waals surface area contributed by atoms with Crippen LogP contribution in [0.2, 0.25) is 5.02 Å². The number of nitrogens with zero attached hydrogens (tertiary/aromatic N) is 1. The highest BCUT2D eigenvalue weighted by molar-refractivity contribution is 6.32. The molecule has 2 aliphatic rings. The van der Waals surface area contributed by atoms with Gasteiger partial charge in [0, 0.05) is 37.8 Å².